The summed E-state index contributed by atoms with van der Waals surface area (Å²) >= 11 is 0. The number of aliphatic carboxylic acids is 1. The average Bonchev–Trinajstić information content (AvgIpc) is 2.81. The minimum atomic E-state index is -3.92. The molecule has 4 rings (SSSR count). The van der Waals surface area contributed by atoms with Gasteiger partial charge in [0.05, 0.1) is 29.9 Å². The molecular formula is C24H24N2O6S. The summed E-state index contributed by atoms with van der Waals surface area (Å²) in [6, 6.07) is 17.2. The van der Waals surface area contributed by atoms with E-state index < -0.39 is 22.1 Å². The Balaban J connectivity index is 1.80. The molecule has 2 aromatic carbocycles. The molecule has 0 saturated carbocycles. The Bertz CT molecular complexity index is 1290. The van der Waals surface area contributed by atoms with Crippen molar-refractivity contribution < 1.29 is 27.8 Å². The van der Waals surface area contributed by atoms with Gasteiger partial charge in [-0.25, -0.2) is 13.4 Å². The topological polar surface area (TPSA) is 106 Å². The number of benzene rings is 2. The number of hydrogen-bond donors (Lipinski definition) is 1. The molecule has 0 amide bonds. The normalized spacial score (nSPS) is 15.5. The molecule has 0 fully saturated rings. The number of aryl methyl sites for hydroxylation is 1. The molecule has 172 valence electrons. The molecular weight excluding hydrogens is 444 g/mol. The Morgan fingerprint density at radius 1 is 1.18 bits per heavy atom. The maximum absolute atomic E-state index is 13.7. The van der Waals surface area contributed by atoms with E-state index in [0.717, 1.165) is 5.56 Å². The third kappa shape index (κ3) is 4.78. The van der Waals surface area contributed by atoms with Crippen LogP contribution < -0.4 is 13.8 Å². The molecule has 8 nitrogen and oxygen atoms in total. The first-order valence-corrected chi connectivity index (χ1v) is 11.9. The van der Waals surface area contributed by atoms with Crippen LogP contribution in [0.15, 0.2) is 65.6 Å². The molecule has 0 spiro atoms. The van der Waals surface area contributed by atoms with E-state index in [4.69, 9.17) is 14.6 Å². The second kappa shape index (κ2) is 9.11. The van der Waals surface area contributed by atoms with Gasteiger partial charge in [-0.05, 0) is 55.3 Å². The van der Waals surface area contributed by atoms with E-state index in [1.54, 1.807) is 48.5 Å². The van der Waals surface area contributed by atoms with Gasteiger partial charge in [-0.15, -0.1) is 0 Å². The number of hydrogen-bond acceptors (Lipinski definition) is 6. The number of carboxylic acid groups (broad SMARTS) is 1. The van der Waals surface area contributed by atoms with Crippen molar-refractivity contribution in [2.45, 2.75) is 30.8 Å². The highest BCUT2D eigenvalue weighted by Gasteiger charge is 2.35. The van der Waals surface area contributed by atoms with Crippen LogP contribution in [0, 0.1) is 6.92 Å². The number of pyridine rings is 1. The van der Waals surface area contributed by atoms with Crippen LogP contribution in [0.3, 0.4) is 0 Å². The van der Waals surface area contributed by atoms with Crippen molar-refractivity contribution in [2.75, 3.05) is 18.0 Å². The summed E-state index contributed by atoms with van der Waals surface area (Å²) in [6.07, 6.45) is -0.521. The molecule has 1 aliphatic heterocycles. The van der Waals surface area contributed by atoms with E-state index in [2.05, 4.69) is 4.98 Å². The number of methoxy groups -OCH3 is 1. The van der Waals surface area contributed by atoms with Crippen molar-refractivity contribution in [1.29, 1.82) is 0 Å². The second-order valence-corrected chi connectivity index (χ2v) is 9.63. The van der Waals surface area contributed by atoms with Gasteiger partial charge in [-0.2, -0.15) is 0 Å². The lowest BCUT2D eigenvalue weighted by molar-refractivity contribution is -0.137. The summed E-state index contributed by atoms with van der Waals surface area (Å²) in [5.74, 6) is -0.143. The molecule has 9 heteroatoms. The maximum Gasteiger partial charge on any atom is 0.303 e. The zero-order valence-electron chi connectivity index (χ0n) is 18.3. The number of carbonyl (C=O) groups is 1. The summed E-state index contributed by atoms with van der Waals surface area (Å²) in [6.45, 7) is 1.83. The lowest BCUT2D eigenvalue weighted by Crippen LogP contribution is -2.43. The van der Waals surface area contributed by atoms with Gasteiger partial charge in [0.25, 0.3) is 10.0 Å². The third-order valence-corrected chi connectivity index (χ3v) is 7.15. The molecule has 3 aromatic rings. The Labute approximate surface area is 192 Å². The maximum atomic E-state index is 13.7. The van der Waals surface area contributed by atoms with E-state index in [-0.39, 0.29) is 24.3 Å². The van der Waals surface area contributed by atoms with Crippen molar-refractivity contribution in [3.05, 3.63) is 66.2 Å². The third-order valence-electron chi connectivity index (χ3n) is 5.38. The zero-order chi connectivity index (χ0) is 23.6. The largest absolute Gasteiger partial charge is 0.486 e. The first-order chi connectivity index (χ1) is 15.8. The zero-order valence-corrected chi connectivity index (χ0v) is 19.1. The number of anilines is 1. The summed E-state index contributed by atoms with van der Waals surface area (Å²) < 4.78 is 39.8. The van der Waals surface area contributed by atoms with Gasteiger partial charge in [0.1, 0.15) is 11.9 Å². The van der Waals surface area contributed by atoms with E-state index in [1.165, 1.54) is 11.4 Å². The first kappa shape index (κ1) is 22.6. The fourth-order valence-corrected chi connectivity index (χ4v) is 5.33. The molecule has 1 atom stereocenters. The van der Waals surface area contributed by atoms with Gasteiger partial charge in [-0.1, -0.05) is 18.2 Å². The smallest absolute Gasteiger partial charge is 0.303 e. The van der Waals surface area contributed by atoms with Crippen LogP contribution >= 0.6 is 0 Å². The summed E-state index contributed by atoms with van der Waals surface area (Å²) in [5.41, 5.74) is 2.52. The number of nitrogens with zero attached hydrogens (tertiary/aromatic N) is 2. The minimum Gasteiger partial charge on any atom is -0.486 e. The van der Waals surface area contributed by atoms with Crippen molar-refractivity contribution >= 4 is 21.7 Å². The van der Waals surface area contributed by atoms with Gasteiger partial charge in [0.15, 0.2) is 0 Å². The Morgan fingerprint density at radius 3 is 2.70 bits per heavy atom. The van der Waals surface area contributed by atoms with Crippen LogP contribution in [0.4, 0.5) is 5.69 Å². The van der Waals surface area contributed by atoms with Crippen LogP contribution in [-0.2, 0) is 14.8 Å². The van der Waals surface area contributed by atoms with E-state index >= 15 is 0 Å². The van der Waals surface area contributed by atoms with Gasteiger partial charge < -0.3 is 14.6 Å². The predicted molar refractivity (Wildman–Crippen MR) is 123 cm³/mol. The second-order valence-electron chi connectivity index (χ2n) is 7.77. The fourth-order valence-electron chi connectivity index (χ4n) is 3.73. The van der Waals surface area contributed by atoms with Crippen LogP contribution in [0.2, 0.25) is 0 Å². The molecule has 1 aliphatic rings. The van der Waals surface area contributed by atoms with Crippen molar-refractivity contribution in [2.24, 2.45) is 0 Å². The quantitative estimate of drug-likeness (QED) is 0.561. The lowest BCUT2D eigenvalue weighted by Gasteiger charge is -2.35. The molecule has 0 saturated heterocycles. The van der Waals surface area contributed by atoms with Gasteiger partial charge in [0.2, 0.25) is 5.88 Å². The molecule has 0 aliphatic carbocycles. The molecule has 1 N–H and O–H groups in total. The number of sulfonamides is 1. The Hall–Kier alpha value is -3.59. The Morgan fingerprint density at radius 2 is 1.97 bits per heavy atom. The summed E-state index contributed by atoms with van der Waals surface area (Å²) in [7, 11) is -2.39. The van der Waals surface area contributed by atoms with Crippen LogP contribution in [0.25, 0.3) is 11.3 Å². The van der Waals surface area contributed by atoms with Crippen LogP contribution in [-0.4, -0.2) is 44.2 Å². The molecule has 0 radical (unpaired) electrons. The van der Waals surface area contributed by atoms with Gasteiger partial charge in [-0.3, -0.25) is 9.10 Å². The van der Waals surface area contributed by atoms with Crippen molar-refractivity contribution in [3.8, 4) is 22.9 Å². The average molecular weight is 469 g/mol. The first-order valence-electron chi connectivity index (χ1n) is 10.4. The standard InChI is InChI=1S/C24H24N2O6S/c1-16-5-3-6-19(13-16)33(29,30)26-15-18(10-12-24(27)28)32-22-11-9-17(14-21(22)26)20-7-4-8-23(25-20)31-2/h3-9,11,13-14,18H,10,12,15H2,1-2H3,(H,27,28)/t18-/m0/s1. The Kier molecular flexibility index (Phi) is 6.24. The van der Waals surface area contributed by atoms with Gasteiger partial charge >= 0.3 is 5.97 Å². The number of aromatic nitrogens is 1. The van der Waals surface area contributed by atoms with Gasteiger partial charge in [0, 0.05) is 18.1 Å². The fraction of sp³-hybridized carbons (Fsp3) is 0.250. The highest BCUT2D eigenvalue weighted by Crippen LogP contribution is 2.40. The summed E-state index contributed by atoms with van der Waals surface area (Å²) in [5, 5.41) is 9.07. The van der Waals surface area contributed by atoms with E-state index in [0.29, 0.717) is 28.6 Å². The van der Waals surface area contributed by atoms with E-state index in [1.807, 2.05) is 19.1 Å². The number of carboxylic acids is 1. The molecule has 33 heavy (non-hydrogen) atoms. The molecule has 0 unspecified atom stereocenters. The predicted octanol–water partition coefficient (Wildman–Crippen LogP) is 3.89. The molecule has 1 aromatic heterocycles. The number of rotatable bonds is 7. The van der Waals surface area contributed by atoms with Crippen LogP contribution in [0.1, 0.15) is 18.4 Å². The number of ether oxygens (including phenoxy) is 2. The highest BCUT2D eigenvalue weighted by molar-refractivity contribution is 7.92. The van der Waals surface area contributed by atoms with Crippen LogP contribution in [0.5, 0.6) is 11.6 Å². The van der Waals surface area contributed by atoms with E-state index in [9.17, 15) is 13.2 Å². The van der Waals surface area contributed by atoms with Crippen molar-refractivity contribution in [3.63, 3.8) is 0 Å². The SMILES string of the molecule is COc1cccc(-c2ccc3c(c2)N(S(=O)(=O)c2cccc(C)c2)C[C@H](CCC(=O)O)O3)n1. The lowest BCUT2D eigenvalue weighted by atomic mass is 10.1. The summed E-state index contributed by atoms with van der Waals surface area (Å²) in [4.78, 5) is 15.7. The highest BCUT2D eigenvalue weighted by atomic mass is 32.2. The molecule has 2 heterocycles. The minimum absolute atomic E-state index is 0.00550. The number of fused-ring (bicyclic) bond motifs is 1. The van der Waals surface area contributed by atoms with Crippen molar-refractivity contribution in [1.82, 2.24) is 4.98 Å². The molecule has 0 bridgehead atoms. The monoisotopic (exact) mass is 468 g/mol.